The Morgan fingerprint density at radius 3 is 2.26 bits per heavy atom. The summed E-state index contributed by atoms with van der Waals surface area (Å²) in [6.45, 7) is 4.67. The number of hydrogen-bond donors (Lipinski definition) is 0. The number of benzene rings is 2. The van der Waals surface area contributed by atoms with Crippen molar-refractivity contribution >= 4 is 6.08 Å². The molecule has 1 aliphatic carbocycles. The Bertz CT molecular complexity index is 630. The summed E-state index contributed by atoms with van der Waals surface area (Å²) in [7, 11) is 0. The molecule has 0 saturated heterocycles. The van der Waals surface area contributed by atoms with Crippen molar-refractivity contribution in [1.82, 2.24) is 0 Å². The summed E-state index contributed by atoms with van der Waals surface area (Å²) in [4.78, 5) is 0. The molecular weight excluding hydrogens is 280 g/mol. The van der Waals surface area contributed by atoms with Gasteiger partial charge in [-0.05, 0) is 24.0 Å². The second-order valence-electron chi connectivity index (χ2n) is 6.17. The topological polar surface area (TPSA) is 9.23 Å². The molecule has 3 atom stereocenters. The minimum atomic E-state index is 0.229. The molecule has 1 nitrogen and oxygen atoms in total. The lowest BCUT2D eigenvalue weighted by Gasteiger charge is -2.22. The van der Waals surface area contributed by atoms with Crippen LogP contribution in [0.4, 0.5) is 0 Å². The van der Waals surface area contributed by atoms with Crippen LogP contribution in [0.2, 0.25) is 0 Å². The molecule has 0 aliphatic heterocycles. The molecule has 3 rings (SSSR count). The van der Waals surface area contributed by atoms with Crippen LogP contribution < -0.4 is 0 Å². The lowest BCUT2D eigenvalue weighted by atomic mass is 9.99. The molecule has 0 radical (unpaired) electrons. The highest BCUT2D eigenvalue weighted by molar-refractivity contribution is 5.49. The van der Waals surface area contributed by atoms with Gasteiger partial charge in [-0.2, -0.15) is 0 Å². The van der Waals surface area contributed by atoms with Crippen molar-refractivity contribution in [2.75, 3.05) is 0 Å². The first-order valence-corrected chi connectivity index (χ1v) is 8.38. The van der Waals surface area contributed by atoms with Crippen molar-refractivity contribution in [3.63, 3.8) is 0 Å². The molecule has 0 N–H and O–H groups in total. The Morgan fingerprint density at radius 2 is 1.57 bits per heavy atom. The summed E-state index contributed by atoms with van der Waals surface area (Å²) < 4.78 is 6.27. The summed E-state index contributed by atoms with van der Waals surface area (Å²) in [6.07, 6.45) is 9.15. The van der Waals surface area contributed by atoms with E-state index in [1.165, 1.54) is 17.5 Å². The van der Waals surface area contributed by atoms with Crippen LogP contribution in [-0.2, 0) is 11.3 Å². The van der Waals surface area contributed by atoms with Crippen molar-refractivity contribution in [2.45, 2.75) is 25.6 Å². The predicted molar refractivity (Wildman–Crippen MR) is 96.9 cm³/mol. The van der Waals surface area contributed by atoms with Gasteiger partial charge in [0.25, 0.3) is 0 Å². The van der Waals surface area contributed by atoms with Crippen molar-refractivity contribution in [1.29, 1.82) is 0 Å². The number of ether oxygens (including phenoxy) is 1. The third-order valence-electron chi connectivity index (χ3n) is 4.60. The van der Waals surface area contributed by atoms with Gasteiger partial charge >= 0.3 is 0 Å². The Morgan fingerprint density at radius 1 is 0.913 bits per heavy atom. The quantitative estimate of drug-likeness (QED) is 0.640. The molecule has 0 aromatic heterocycles. The molecule has 2 aromatic rings. The first-order valence-electron chi connectivity index (χ1n) is 8.38. The Hall–Kier alpha value is -2.12. The van der Waals surface area contributed by atoms with Crippen molar-refractivity contribution in [3.8, 4) is 0 Å². The van der Waals surface area contributed by atoms with Gasteiger partial charge in [0.1, 0.15) is 0 Å². The van der Waals surface area contributed by atoms with Crippen molar-refractivity contribution in [2.24, 2.45) is 11.8 Å². The molecule has 0 amide bonds. The normalized spacial score (nSPS) is 24.1. The standard InChI is InChI=1S/C22H24O/c1-2-20-15-16-21(14-13-18-9-5-3-6-10-18)22(20)23-17-19-11-7-4-8-12-19/h2-14,20-22H,1,15-17H2/b14-13+/t20-,21+,22-/m1/s1. The lowest BCUT2D eigenvalue weighted by molar-refractivity contribution is 0.00999. The minimum Gasteiger partial charge on any atom is -0.372 e. The average molecular weight is 304 g/mol. The molecule has 23 heavy (non-hydrogen) atoms. The largest absolute Gasteiger partial charge is 0.372 e. The summed E-state index contributed by atoms with van der Waals surface area (Å²) in [5.74, 6) is 0.908. The summed E-state index contributed by atoms with van der Waals surface area (Å²) in [5, 5.41) is 0. The molecule has 118 valence electrons. The third kappa shape index (κ3) is 4.20. The monoisotopic (exact) mass is 304 g/mol. The Kier molecular flexibility index (Phi) is 5.44. The van der Waals surface area contributed by atoms with E-state index < -0.39 is 0 Å². The highest BCUT2D eigenvalue weighted by Crippen LogP contribution is 2.36. The summed E-state index contributed by atoms with van der Waals surface area (Å²) in [6, 6.07) is 20.9. The van der Waals surface area contributed by atoms with Crippen LogP contribution in [0.5, 0.6) is 0 Å². The molecule has 0 heterocycles. The van der Waals surface area contributed by atoms with Crippen LogP contribution in [0.15, 0.2) is 79.4 Å². The van der Waals surface area contributed by atoms with Gasteiger partial charge in [0.2, 0.25) is 0 Å². The van der Waals surface area contributed by atoms with Gasteiger partial charge < -0.3 is 4.74 Å². The Labute approximate surface area is 139 Å². The summed E-state index contributed by atoms with van der Waals surface area (Å²) in [5.41, 5.74) is 2.48. The predicted octanol–water partition coefficient (Wildman–Crippen LogP) is 5.50. The summed E-state index contributed by atoms with van der Waals surface area (Å²) >= 11 is 0. The molecule has 1 saturated carbocycles. The van der Waals surface area contributed by atoms with E-state index in [0.717, 1.165) is 6.42 Å². The van der Waals surface area contributed by atoms with Gasteiger partial charge in [0, 0.05) is 11.8 Å². The van der Waals surface area contributed by atoms with Crippen LogP contribution in [-0.4, -0.2) is 6.10 Å². The molecule has 1 fully saturated rings. The van der Waals surface area contributed by atoms with Gasteiger partial charge in [-0.1, -0.05) is 78.9 Å². The van der Waals surface area contributed by atoms with E-state index in [1.54, 1.807) is 0 Å². The SMILES string of the molecule is C=C[C@@H]1CC[C@H](/C=C/c2ccccc2)[C@@H]1OCc1ccccc1. The van der Waals surface area contributed by atoms with Crippen LogP contribution in [0, 0.1) is 11.8 Å². The van der Waals surface area contributed by atoms with Gasteiger partial charge in [0.15, 0.2) is 0 Å². The number of rotatable bonds is 6. The van der Waals surface area contributed by atoms with Crippen LogP contribution >= 0.6 is 0 Å². The van der Waals surface area contributed by atoms with Gasteiger partial charge in [-0.15, -0.1) is 6.58 Å². The van der Waals surface area contributed by atoms with E-state index in [1.807, 2.05) is 12.1 Å². The molecule has 0 unspecified atom stereocenters. The zero-order chi connectivity index (χ0) is 15.9. The fourth-order valence-corrected chi connectivity index (χ4v) is 3.30. The van der Waals surface area contributed by atoms with E-state index in [4.69, 9.17) is 4.74 Å². The maximum Gasteiger partial charge on any atom is 0.0721 e. The van der Waals surface area contributed by atoms with Gasteiger partial charge in [-0.3, -0.25) is 0 Å². The fraction of sp³-hybridized carbons (Fsp3) is 0.273. The van der Waals surface area contributed by atoms with Crippen molar-refractivity contribution < 1.29 is 4.74 Å². The molecule has 2 aromatic carbocycles. The number of hydrogen-bond acceptors (Lipinski definition) is 1. The second kappa shape index (κ2) is 7.94. The van der Waals surface area contributed by atoms with E-state index in [0.29, 0.717) is 18.4 Å². The van der Waals surface area contributed by atoms with Crippen LogP contribution in [0.1, 0.15) is 24.0 Å². The first-order chi connectivity index (χ1) is 11.4. The van der Waals surface area contributed by atoms with E-state index >= 15 is 0 Å². The average Bonchev–Trinajstić information content (AvgIpc) is 3.02. The maximum atomic E-state index is 6.27. The van der Waals surface area contributed by atoms with E-state index in [9.17, 15) is 0 Å². The molecule has 1 aliphatic rings. The smallest absolute Gasteiger partial charge is 0.0721 e. The lowest BCUT2D eigenvalue weighted by Crippen LogP contribution is -2.23. The van der Waals surface area contributed by atoms with Crippen LogP contribution in [0.3, 0.4) is 0 Å². The highest BCUT2D eigenvalue weighted by atomic mass is 16.5. The molecule has 1 heteroatoms. The van der Waals surface area contributed by atoms with E-state index in [-0.39, 0.29) is 6.10 Å². The van der Waals surface area contributed by atoms with Gasteiger partial charge in [-0.25, -0.2) is 0 Å². The van der Waals surface area contributed by atoms with E-state index in [2.05, 4.69) is 73.3 Å². The highest BCUT2D eigenvalue weighted by Gasteiger charge is 2.33. The first kappa shape index (κ1) is 15.8. The van der Waals surface area contributed by atoms with Gasteiger partial charge in [0.05, 0.1) is 12.7 Å². The zero-order valence-electron chi connectivity index (χ0n) is 13.5. The third-order valence-corrected chi connectivity index (χ3v) is 4.60. The van der Waals surface area contributed by atoms with Crippen LogP contribution in [0.25, 0.3) is 6.08 Å². The maximum absolute atomic E-state index is 6.27. The second-order valence-corrected chi connectivity index (χ2v) is 6.17. The van der Waals surface area contributed by atoms with Crippen molar-refractivity contribution in [3.05, 3.63) is 90.5 Å². The zero-order valence-corrected chi connectivity index (χ0v) is 13.5. The Balaban J connectivity index is 1.66. The molecule has 0 bridgehead atoms. The fourth-order valence-electron chi connectivity index (χ4n) is 3.30. The molecule has 0 spiro atoms. The minimum absolute atomic E-state index is 0.229. The molecular formula is C22H24O.